The molecule has 2 N–H and O–H groups in total. The molecule has 5 nitrogen and oxygen atoms in total. The second-order valence-corrected chi connectivity index (χ2v) is 4.55. The second kappa shape index (κ2) is 4.70. The average Bonchev–Trinajstić information content (AvgIpc) is 2.46. The highest BCUT2D eigenvalue weighted by Crippen LogP contribution is 2.24. The molecule has 15 heavy (non-hydrogen) atoms. The zero-order chi connectivity index (χ0) is 10.7. The molecular formula is C10H19N5. The number of aryl methyl sites for hydroxylation is 1. The van der Waals surface area contributed by atoms with Crippen LogP contribution in [0.1, 0.15) is 37.9 Å². The number of hydrogen-bond donors (Lipinski definition) is 1. The van der Waals surface area contributed by atoms with Crippen LogP contribution in [-0.2, 0) is 13.5 Å². The van der Waals surface area contributed by atoms with Crippen LogP contribution >= 0.6 is 0 Å². The van der Waals surface area contributed by atoms with E-state index in [1.54, 1.807) is 7.05 Å². The summed E-state index contributed by atoms with van der Waals surface area (Å²) in [6.45, 7) is 0. The van der Waals surface area contributed by atoms with Crippen LogP contribution in [0.15, 0.2) is 0 Å². The van der Waals surface area contributed by atoms with Crippen molar-refractivity contribution in [2.45, 2.75) is 44.6 Å². The molecule has 1 saturated carbocycles. The zero-order valence-electron chi connectivity index (χ0n) is 9.26. The lowest BCUT2D eigenvalue weighted by Crippen LogP contribution is -2.22. The Hall–Kier alpha value is -0.970. The standard InChI is InChI=1S/C10H19N5/c1-15-13-10(12-14-15)7-8-4-2-3-5-9(11)6-8/h8-9H,2-7,11H2,1H3. The molecule has 1 aliphatic carbocycles. The lowest BCUT2D eigenvalue weighted by Gasteiger charge is -2.14. The minimum Gasteiger partial charge on any atom is -0.328 e. The third-order valence-electron chi connectivity index (χ3n) is 3.09. The van der Waals surface area contributed by atoms with Gasteiger partial charge in [0.25, 0.3) is 0 Å². The minimum absolute atomic E-state index is 0.370. The highest BCUT2D eigenvalue weighted by atomic mass is 15.6. The minimum atomic E-state index is 0.370. The summed E-state index contributed by atoms with van der Waals surface area (Å²) < 4.78 is 0. The summed E-state index contributed by atoms with van der Waals surface area (Å²) in [7, 11) is 1.80. The second-order valence-electron chi connectivity index (χ2n) is 4.55. The molecule has 0 aliphatic heterocycles. The average molecular weight is 209 g/mol. The molecule has 1 heterocycles. The van der Waals surface area contributed by atoms with Crippen LogP contribution in [0.25, 0.3) is 0 Å². The molecule has 0 spiro atoms. The third-order valence-corrected chi connectivity index (χ3v) is 3.09. The van der Waals surface area contributed by atoms with Crippen LogP contribution in [0.3, 0.4) is 0 Å². The fourth-order valence-electron chi connectivity index (χ4n) is 2.35. The third kappa shape index (κ3) is 2.99. The lowest BCUT2D eigenvalue weighted by atomic mass is 9.95. The van der Waals surface area contributed by atoms with E-state index in [1.807, 2.05) is 0 Å². The van der Waals surface area contributed by atoms with Gasteiger partial charge >= 0.3 is 0 Å². The number of hydrogen-bond acceptors (Lipinski definition) is 4. The number of nitrogens with two attached hydrogens (primary N) is 1. The van der Waals surface area contributed by atoms with E-state index in [9.17, 15) is 0 Å². The SMILES string of the molecule is Cn1nnc(CC2CCCCC(N)C2)n1. The van der Waals surface area contributed by atoms with Crippen LogP contribution in [0, 0.1) is 5.92 Å². The first kappa shape index (κ1) is 10.5. The van der Waals surface area contributed by atoms with Crippen LogP contribution < -0.4 is 5.73 Å². The summed E-state index contributed by atoms with van der Waals surface area (Å²) in [5.74, 6) is 1.50. The molecule has 5 heteroatoms. The first-order valence-electron chi connectivity index (χ1n) is 5.72. The number of tetrazole rings is 1. The van der Waals surface area contributed by atoms with E-state index >= 15 is 0 Å². The Morgan fingerprint density at radius 2 is 2.20 bits per heavy atom. The van der Waals surface area contributed by atoms with Gasteiger partial charge in [0.1, 0.15) is 0 Å². The molecule has 2 unspecified atom stereocenters. The van der Waals surface area contributed by atoms with Gasteiger partial charge in [0, 0.05) is 12.5 Å². The van der Waals surface area contributed by atoms with Gasteiger partial charge in [0.05, 0.1) is 7.05 Å². The molecule has 0 saturated heterocycles. The normalized spacial score (nSPS) is 27.6. The van der Waals surface area contributed by atoms with Gasteiger partial charge in [-0.2, -0.15) is 4.80 Å². The monoisotopic (exact) mass is 209 g/mol. The molecule has 1 fully saturated rings. The summed E-state index contributed by atoms with van der Waals surface area (Å²) in [4.78, 5) is 1.52. The van der Waals surface area contributed by atoms with Crippen molar-refractivity contribution < 1.29 is 0 Å². The quantitative estimate of drug-likeness (QED) is 0.726. The number of nitrogens with zero attached hydrogens (tertiary/aromatic N) is 4. The topological polar surface area (TPSA) is 69.6 Å². The maximum atomic E-state index is 6.02. The van der Waals surface area contributed by atoms with Crippen LogP contribution in [0.4, 0.5) is 0 Å². The van der Waals surface area contributed by atoms with E-state index in [4.69, 9.17) is 5.73 Å². The van der Waals surface area contributed by atoms with Gasteiger partial charge in [-0.1, -0.05) is 12.8 Å². The van der Waals surface area contributed by atoms with E-state index < -0.39 is 0 Å². The Morgan fingerprint density at radius 3 is 2.93 bits per heavy atom. The molecule has 2 atom stereocenters. The molecule has 0 bridgehead atoms. The van der Waals surface area contributed by atoms with Crippen molar-refractivity contribution in [3.05, 3.63) is 5.82 Å². The Morgan fingerprint density at radius 1 is 1.40 bits per heavy atom. The van der Waals surface area contributed by atoms with Crippen molar-refractivity contribution in [3.8, 4) is 0 Å². The number of rotatable bonds is 2. The van der Waals surface area contributed by atoms with E-state index in [2.05, 4.69) is 15.4 Å². The van der Waals surface area contributed by atoms with Crippen LogP contribution in [0.5, 0.6) is 0 Å². The molecule has 2 rings (SSSR count). The summed E-state index contributed by atoms with van der Waals surface area (Å²) in [6.07, 6.45) is 7.03. The number of aromatic nitrogens is 4. The molecule has 1 aliphatic rings. The predicted octanol–water partition coefficient (Wildman–Crippen LogP) is 0.660. The molecular weight excluding hydrogens is 190 g/mol. The Kier molecular flexibility index (Phi) is 3.30. The molecule has 0 radical (unpaired) electrons. The predicted molar refractivity (Wildman–Crippen MR) is 57.1 cm³/mol. The first-order valence-corrected chi connectivity index (χ1v) is 5.72. The van der Waals surface area contributed by atoms with Gasteiger partial charge in [-0.3, -0.25) is 0 Å². The van der Waals surface area contributed by atoms with Crippen LogP contribution in [-0.4, -0.2) is 26.2 Å². The smallest absolute Gasteiger partial charge is 0.175 e. The Labute approximate surface area is 90.0 Å². The van der Waals surface area contributed by atoms with Crippen molar-refractivity contribution in [2.75, 3.05) is 0 Å². The van der Waals surface area contributed by atoms with Gasteiger partial charge < -0.3 is 5.73 Å². The largest absolute Gasteiger partial charge is 0.328 e. The van der Waals surface area contributed by atoms with Gasteiger partial charge in [-0.15, -0.1) is 10.2 Å². The fourth-order valence-corrected chi connectivity index (χ4v) is 2.35. The highest BCUT2D eigenvalue weighted by Gasteiger charge is 2.19. The van der Waals surface area contributed by atoms with Gasteiger partial charge in [-0.25, -0.2) is 0 Å². The van der Waals surface area contributed by atoms with Gasteiger partial charge in [-0.05, 0) is 30.4 Å². The van der Waals surface area contributed by atoms with E-state index in [0.717, 1.165) is 18.7 Å². The lowest BCUT2D eigenvalue weighted by molar-refractivity contribution is 0.422. The maximum Gasteiger partial charge on any atom is 0.175 e. The molecule has 1 aromatic rings. The van der Waals surface area contributed by atoms with E-state index in [-0.39, 0.29) is 0 Å². The van der Waals surface area contributed by atoms with Crippen molar-refractivity contribution in [3.63, 3.8) is 0 Å². The van der Waals surface area contributed by atoms with Crippen molar-refractivity contribution in [1.82, 2.24) is 20.2 Å². The summed E-state index contributed by atoms with van der Waals surface area (Å²) in [6, 6.07) is 0.370. The first-order chi connectivity index (χ1) is 7.24. The fraction of sp³-hybridized carbons (Fsp3) is 0.900. The van der Waals surface area contributed by atoms with Crippen molar-refractivity contribution >= 4 is 0 Å². The van der Waals surface area contributed by atoms with Crippen molar-refractivity contribution in [1.29, 1.82) is 0 Å². The maximum absolute atomic E-state index is 6.02. The Balaban J connectivity index is 1.92. The molecule has 1 aromatic heterocycles. The highest BCUT2D eigenvalue weighted by molar-refractivity contribution is 4.84. The summed E-state index contributed by atoms with van der Waals surface area (Å²) >= 11 is 0. The molecule has 0 amide bonds. The van der Waals surface area contributed by atoms with Crippen LogP contribution in [0.2, 0.25) is 0 Å². The zero-order valence-corrected chi connectivity index (χ0v) is 9.26. The van der Waals surface area contributed by atoms with E-state index in [1.165, 1.54) is 30.5 Å². The Bertz CT molecular complexity index is 309. The summed E-state index contributed by atoms with van der Waals surface area (Å²) in [5.41, 5.74) is 6.02. The molecule has 84 valence electrons. The summed E-state index contributed by atoms with van der Waals surface area (Å²) in [5, 5.41) is 12.1. The van der Waals surface area contributed by atoms with Crippen molar-refractivity contribution in [2.24, 2.45) is 18.7 Å². The van der Waals surface area contributed by atoms with Gasteiger partial charge in [0.15, 0.2) is 5.82 Å². The molecule has 0 aromatic carbocycles. The van der Waals surface area contributed by atoms with E-state index in [0.29, 0.717) is 12.0 Å². The van der Waals surface area contributed by atoms with Gasteiger partial charge in [0.2, 0.25) is 0 Å².